The zero-order valence-corrected chi connectivity index (χ0v) is 46.2. The third-order valence-electron chi connectivity index (χ3n) is 14.4. The predicted octanol–water partition coefficient (Wildman–Crippen LogP) is 15.3. The Bertz CT molecular complexity index is 1250. The van der Waals surface area contributed by atoms with Crippen LogP contribution in [0.3, 0.4) is 0 Å². The molecule has 1 saturated heterocycles. The van der Waals surface area contributed by atoms with Crippen molar-refractivity contribution in [3.05, 3.63) is 48.6 Å². The van der Waals surface area contributed by atoms with Crippen molar-refractivity contribution in [2.24, 2.45) is 0 Å². The molecule has 416 valence electrons. The lowest BCUT2D eigenvalue weighted by molar-refractivity contribution is -0.302. The summed E-state index contributed by atoms with van der Waals surface area (Å²) in [6, 6.07) is -0.800. The summed E-state index contributed by atoms with van der Waals surface area (Å²) in [5.41, 5.74) is 0. The molecule has 0 spiro atoms. The quantitative estimate of drug-likeness (QED) is 0.0261. The molecule has 7 atom stereocenters. The van der Waals surface area contributed by atoms with E-state index < -0.39 is 49.5 Å². The first-order valence-electron chi connectivity index (χ1n) is 30.4. The predicted molar refractivity (Wildman–Crippen MR) is 299 cm³/mol. The molecule has 1 rings (SSSR count). The number of ether oxygens (including phenoxy) is 2. The van der Waals surface area contributed by atoms with Gasteiger partial charge in [0.25, 0.3) is 0 Å². The van der Waals surface area contributed by atoms with Crippen LogP contribution in [-0.2, 0) is 14.3 Å². The molecule has 1 fully saturated rings. The number of hydrogen-bond acceptors (Lipinski definition) is 8. The Hall–Kier alpha value is -1.85. The summed E-state index contributed by atoms with van der Waals surface area (Å²) in [4.78, 5) is 12.9. The molecule has 9 heteroatoms. The lowest BCUT2D eigenvalue weighted by Crippen LogP contribution is -2.60. The molecule has 0 saturated carbocycles. The van der Waals surface area contributed by atoms with Crippen molar-refractivity contribution in [1.82, 2.24) is 5.32 Å². The van der Waals surface area contributed by atoms with Gasteiger partial charge in [-0.1, -0.05) is 268 Å². The molecule has 1 amide bonds. The molecule has 0 aromatic heterocycles. The summed E-state index contributed by atoms with van der Waals surface area (Å²) in [5, 5.41) is 54.1. The summed E-state index contributed by atoms with van der Waals surface area (Å²) < 4.78 is 11.2. The number of aliphatic hydroxyl groups is 5. The number of unbranched alkanes of at least 4 members (excludes halogenated alkanes) is 36. The van der Waals surface area contributed by atoms with Crippen LogP contribution in [-0.4, -0.2) is 87.5 Å². The number of allylic oxidation sites excluding steroid dienone is 7. The van der Waals surface area contributed by atoms with Gasteiger partial charge in [-0.15, -0.1) is 0 Å². The van der Waals surface area contributed by atoms with Crippen molar-refractivity contribution < 1.29 is 39.8 Å². The number of carbonyl (C=O) groups is 1. The van der Waals surface area contributed by atoms with Crippen molar-refractivity contribution in [2.75, 3.05) is 13.2 Å². The van der Waals surface area contributed by atoms with E-state index in [2.05, 4.69) is 55.6 Å². The van der Waals surface area contributed by atoms with E-state index in [1.54, 1.807) is 6.08 Å². The van der Waals surface area contributed by atoms with E-state index in [0.29, 0.717) is 6.42 Å². The maximum absolute atomic E-state index is 12.9. The highest BCUT2D eigenvalue weighted by Crippen LogP contribution is 2.23. The monoisotopic (exact) mass is 1000 g/mol. The van der Waals surface area contributed by atoms with Crippen molar-refractivity contribution in [2.45, 2.75) is 326 Å². The Labute approximate surface area is 437 Å². The van der Waals surface area contributed by atoms with Crippen LogP contribution in [0.2, 0.25) is 0 Å². The molecule has 71 heavy (non-hydrogen) atoms. The smallest absolute Gasteiger partial charge is 0.220 e. The van der Waals surface area contributed by atoms with Crippen LogP contribution >= 0.6 is 0 Å². The lowest BCUT2D eigenvalue weighted by atomic mass is 9.99. The molecule has 0 aromatic rings. The average Bonchev–Trinajstić information content (AvgIpc) is 3.37. The molecule has 0 aliphatic carbocycles. The van der Waals surface area contributed by atoms with Gasteiger partial charge in [0.1, 0.15) is 24.4 Å². The highest BCUT2D eigenvalue weighted by Gasteiger charge is 2.44. The number of aliphatic hydroxyl groups excluding tert-OH is 5. The molecule has 7 unspecified atom stereocenters. The minimum Gasteiger partial charge on any atom is -0.394 e. The Balaban J connectivity index is 1.94. The molecule has 1 aliphatic rings. The minimum atomic E-state index is -1.56. The number of carbonyl (C=O) groups excluding carboxylic acids is 1. The number of nitrogens with one attached hydrogen (secondary N) is 1. The Kier molecular flexibility index (Phi) is 48.8. The Morgan fingerprint density at radius 2 is 0.831 bits per heavy atom. The molecular weight excluding hydrogens is 887 g/mol. The number of amides is 1. The second kappa shape index (κ2) is 51.6. The zero-order chi connectivity index (χ0) is 51.5. The maximum Gasteiger partial charge on any atom is 0.220 e. The van der Waals surface area contributed by atoms with Gasteiger partial charge in [0.15, 0.2) is 6.29 Å². The fraction of sp³-hybridized carbons (Fsp3) is 0.855. The number of hydrogen-bond donors (Lipinski definition) is 6. The van der Waals surface area contributed by atoms with Crippen molar-refractivity contribution in [3.8, 4) is 0 Å². The Morgan fingerprint density at radius 3 is 1.23 bits per heavy atom. The van der Waals surface area contributed by atoms with Gasteiger partial charge in [-0.05, 0) is 57.8 Å². The second-order valence-electron chi connectivity index (χ2n) is 21.1. The van der Waals surface area contributed by atoms with Crippen LogP contribution in [0.4, 0.5) is 0 Å². The number of rotatable bonds is 52. The van der Waals surface area contributed by atoms with Crippen molar-refractivity contribution in [3.63, 3.8) is 0 Å². The zero-order valence-electron chi connectivity index (χ0n) is 46.2. The van der Waals surface area contributed by atoms with Crippen LogP contribution in [0.15, 0.2) is 48.6 Å². The molecule has 9 nitrogen and oxygen atoms in total. The summed E-state index contributed by atoms with van der Waals surface area (Å²) in [7, 11) is 0. The third kappa shape index (κ3) is 41.1. The second-order valence-corrected chi connectivity index (χ2v) is 21.1. The van der Waals surface area contributed by atoms with Crippen LogP contribution in [0.25, 0.3) is 0 Å². The van der Waals surface area contributed by atoms with E-state index in [1.165, 1.54) is 212 Å². The topological polar surface area (TPSA) is 149 Å². The molecule has 0 radical (unpaired) electrons. The van der Waals surface area contributed by atoms with Gasteiger partial charge in [-0.25, -0.2) is 0 Å². The summed E-state index contributed by atoms with van der Waals surface area (Å²) in [5.74, 6) is -0.178. The maximum atomic E-state index is 12.9. The van der Waals surface area contributed by atoms with Gasteiger partial charge in [0.2, 0.25) is 5.91 Å². The van der Waals surface area contributed by atoms with E-state index in [4.69, 9.17) is 9.47 Å². The summed E-state index contributed by atoms with van der Waals surface area (Å²) in [6.07, 6.45) is 62.6. The first kappa shape index (κ1) is 67.2. The van der Waals surface area contributed by atoms with Gasteiger partial charge in [0.05, 0.1) is 25.4 Å². The normalized spacial score (nSPS) is 19.6. The van der Waals surface area contributed by atoms with E-state index in [1.807, 2.05) is 6.08 Å². The van der Waals surface area contributed by atoms with Gasteiger partial charge in [0, 0.05) is 6.42 Å². The van der Waals surface area contributed by atoms with Gasteiger partial charge in [-0.3, -0.25) is 4.79 Å². The molecule has 6 N–H and O–H groups in total. The highest BCUT2D eigenvalue weighted by atomic mass is 16.7. The lowest BCUT2D eigenvalue weighted by Gasteiger charge is -2.40. The van der Waals surface area contributed by atoms with Gasteiger partial charge < -0.3 is 40.3 Å². The standard InChI is InChI=1S/C62H115NO8/c1-3-5-7-9-11-12-13-14-15-16-17-18-19-20-21-22-23-24-25-26-27-28-29-30-31-32-33-34-35-36-37-38-39-40-41-42-43-44-46-48-50-52-58(66)63-55(56(65)51-49-47-45-10-8-6-4-2)54-70-62-61(69)60(68)59(67)57(53-64)71-62/h13-14,16-17,19-20,49,51,55-57,59-62,64-65,67-69H,3-12,15,18,21-48,50,52-54H2,1-2H3,(H,63,66)/b14-13-,17-16-,20-19-,51-49+. The molecule has 0 aromatic carbocycles. The van der Waals surface area contributed by atoms with Gasteiger partial charge in [-0.2, -0.15) is 0 Å². The minimum absolute atomic E-state index is 0.178. The largest absolute Gasteiger partial charge is 0.394 e. The SMILES string of the molecule is CCCCCCC/C=C\C/C=C\C/C=C\CCCCCCCCCCCCCCCCCCCCCCCCCCCCC(=O)NC(COC1OC(CO)C(O)C(O)C1O)C(O)/C=C/CCCCCCC. The van der Waals surface area contributed by atoms with Crippen molar-refractivity contribution in [1.29, 1.82) is 0 Å². The van der Waals surface area contributed by atoms with E-state index in [0.717, 1.165) is 51.4 Å². The molecular formula is C62H115NO8. The fourth-order valence-corrected chi connectivity index (χ4v) is 9.58. The molecule has 1 aliphatic heterocycles. The average molecular weight is 1000 g/mol. The van der Waals surface area contributed by atoms with E-state index in [9.17, 15) is 30.3 Å². The van der Waals surface area contributed by atoms with Crippen molar-refractivity contribution >= 4 is 5.91 Å². The van der Waals surface area contributed by atoms with Crippen LogP contribution in [0.5, 0.6) is 0 Å². The van der Waals surface area contributed by atoms with Crippen LogP contribution < -0.4 is 5.32 Å². The first-order chi connectivity index (χ1) is 34.8. The van der Waals surface area contributed by atoms with Crippen LogP contribution in [0, 0.1) is 0 Å². The third-order valence-corrected chi connectivity index (χ3v) is 14.4. The van der Waals surface area contributed by atoms with Crippen LogP contribution in [0.1, 0.15) is 284 Å². The van der Waals surface area contributed by atoms with Gasteiger partial charge >= 0.3 is 0 Å². The van der Waals surface area contributed by atoms with E-state index in [-0.39, 0.29) is 12.5 Å². The molecule has 0 bridgehead atoms. The highest BCUT2D eigenvalue weighted by molar-refractivity contribution is 5.76. The molecule has 1 heterocycles. The summed E-state index contributed by atoms with van der Waals surface area (Å²) >= 11 is 0. The fourth-order valence-electron chi connectivity index (χ4n) is 9.58. The summed E-state index contributed by atoms with van der Waals surface area (Å²) in [6.45, 7) is 3.71. The Morgan fingerprint density at radius 1 is 0.479 bits per heavy atom. The van der Waals surface area contributed by atoms with E-state index >= 15 is 0 Å². The first-order valence-corrected chi connectivity index (χ1v) is 30.4.